The number of nitrogens with one attached hydrogen (secondary N) is 2. The number of benzene rings is 3. The van der Waals surface area contributed by atoms with Gasteiger partial charge in [0.2, 0.25) is 0 Å². The van der Waals surface area contributed by atoms with Gasteiger partial charge in [-0.3, -0.25) is 24.5 Å². The van der Waals surface area contributed by atoms with Crippen molar-refractivity contribution in [3.8, 4) is 17.2 Å². The zero-order valence-corrected chi connectivity index (χ0v) is 18.3. The van der Waals surface area contributed by atoms with Crippen LogP contribution in [0.2, 0.25) is 0 Å². The molecule has 9 heteroatoms. The summed E-state index contributed by atoms with van der Waals surface area (Å²) >= 11 is 0. The van der Waals surface area contributed by atoms with Crippen molar-refractivity contribution in [1.82, 2.24) is 10.6 Å². The van der Waals surface area contributed by atoms with Crippen molar-refractivity contribution in [2.45, 2.75) is 0 Å². The molecule has 0 atom stereocenters. The number of hydrogen-bond acceptors (Lipinski definition) is 7. The van der Waals surface area contributed by atoms with Crippen LogP contribution in [0.15, 0.2) is 78.9 Å². The normalized spacial score (nSPS) is 10.0. The van der Waals surface area contributed by atoms with Gasteiger partial charge in [-0.2, -0.15) is 0 Å². The molecule has 0 aliphatic carbocycles. The van der Waals surface area contributed by atoms with Gasteiger partial charge in [-0.05, 0) is 48.5 Å². The van der Waals surface area contributed by atoms with Gasteiger partial charge in [0.25, 0.3) is 17.7 Å². The Balaban J connectivity index is 1.40. The lowest BCUT2D eigenvalue weighted by Crippen LogP contribution is -2.36. The summed E-state index contributed by atoms with van der Waals surface area (Å²) in [6.07, 6.45) is 0. The number of carbonyl (C=O) groups excluding carboxylic acids is 4. The molecular weight excluding hydrogens is 440 g/mol. The van der Waals surface area contributed by atoms with Crippen LogP contribution in [-0.4, -0.2) is 44.0 Å². The molecule has 0 heterocycles. The zero-order valence-electron chi connectivity index (χ0n) is 18.3. The first-order valence-electron chi connectivity index (χ1n) is 10.2. The van der Waals surface area contributed by atoms with Gasteiger partial charge in [0.1, 0.15) is 23.8 Å². The monoisotopic (exact) mass is 462 g/mol. The minimum atomic E-state index is -0.836. The summed E-state index contributed by atoms with van der Waals surface area (Å²) in [5.41, 5.74) is 0.477. The molecule has 3 aromatic carbocycles. The fraction of sp³-hybridized carbons (Fsp3) is 0.120. The lowest BCUT2D eigenvalue weighted by Gasteiger charge is -2.09. The van der Waals surface area contributed by atoms with E-state index in [0.717, 1.165) is 0 Å². The van der Waals surface area contributed by atoms with Crippen LogP contribution in [0.1, 0.15) is 20.7 Å². The number of para-hydroxylation sites is 2. The number of hydrogen-bond donors (Lipinski definition) is 2. The van der Waals surface area contributed by atoms with Crippen LogP contribution in [0.5, 0.6) is 17.2 Å². The average molecular weight is 462 g/mol. The Hall–Kier alpha value is -4.66. The topological polar surface area (TPSA) is 120 Å². The quantitative estimate of drug-likeness (QED) is 0.469. The van der Waals surface area contributed by atoms with Gasteiger partial charge in [-0.1, -0.05) is 30.3 Å². The Labute approximate surface area is 195 Å². The molecule has 3 aromatic rings. The smallest absolute Gasteiger partial charge is 0.325 e. The predicted molar refractivity (Wildman–Crippen MR) is 122 cm³/mol. The number of carbonyl (C=O) groups is 4. The van der Waals surface area contributed by atoms with Crippen LogP contribution in [0.3, 0.4) is 0 Å². The van der Waals surface area contributed by atoms with Crippen molar-refractivity contribution < 1.29 is 33.4 Å². The highest BCUT2D eigenvalue weighted by Crippen LogP contribution is 2.21. The molecule has 0 spiro atoms. The van der Waals surface area contributed by atoms with Crippen LogP contribution >= 0.6 is 0 Å². The Kier molecular flexibility index (Phi) is 8.34. The van der Waals surface area contributed by atoms with Gasteiger partial charge in [-0.25, -0.2) is 0 Å². The van der Waals surface area contributed by atoms with E-state index in [-0.39, 0.29) is 5.56 Å². The second-order valence-electron chi connectivity index (χ2n) is 6.86. The summed E-state index contributed by atoms with van der Waals surface area (Å²) in [5.74, 6) is -1.33. The Bertz CT molecular complexity index is 1160. The van der Waals surface area contributed by atoms with Crippen LogP contribution in [0.4, 0.5) is 0 Å². The first-order chi connectivity index (χ1) is 16.5. The maximum absolute atomic E-state index is 12.2. The molecule has 3 amide bonds. The molecule has 0 fully saturated rings. The summed E-state index contributed by atoms with van der Waals surface area (Å²) in [5, 5.41) is 4.51. The minimum Gasteiger partial charge on any atom is -0.496 e. The summed E-state index contributed by atoms with van der Waals surface area (Å²) in [7, 11) is 1.40. The molecule has 34 heavy (non-hydrogen) atoms. The van der Waals surface area contributed by atoms with Crippen molar-refractivity contribution in [2.24, 2.45) is 0 Å². The molecule has 9 nitrogen and oxygen atoms in total. The third-order valence-corrected chi connectivity index (χ3v) is 4.46. The molecular formula is C25H22N2O7. The first-order valence-corrected chi connectivity index (χ1v) is 10.2. The van der Waals surface area contributed by atoms with E-state index in [0.29, 0.717) is 22.8 Å². The van der Waals surface area contributed by atoms with Gasteiger partial charge in [0, 0.05) is 5.56 Å². The van der Waals surface area contributed by atoms with E-state index in [4.69, 9.17) is 14.2 Å². The van der Waals surface area contributed by atoms with E-state index < -0.39 is 36.8 Å². The molecule has 174 valence electrons. The number of methoxy groups -OCH3 is 1. The van der Waals surface area contributed by atoms with Gasteiger partial charge >= 0.3 is 5.97 Å². The molecule has 0 saturated heterocycles. The zero-order chi connectivity index (χ0) is 24.3. The van der Waals surface area contributed by atoms with E-state index in [1.807, 2.05) is 18.2 Å². The molecule has 0 aromatic heterocycles. The summed E-state index contributed by atoms with van der Waals surface area (Å²) < 4.78 is 15.5. The van der Waals surface area contributed by atoms with Crippen molar-refractivity contribution in [3.05, 3.63) is 90.0 Å². The van der Waals surface area contributed by atoms with Crippen LogP contribution in [0.25, 0.3) is 0 Å². The number of ether oxygens (including phenoxy) is 3. The van der Waals surface area contributed by atoms with Crippen molar-refractivity contribution >= 4 is 23.7 Å². The molecule has 0 radical (unpaired) electrons. The van der Waals surface area contributed by atoms with Crippen molar-refractivity contribution in [2.75, 3.05) is 20.3 Å². The van der Waals surface area contributed by atoms with E-state index >= 15 is 0 Å². The fourth-order valence-electron chi connectivity index (χ4n) is 2.81. The first kappa shape index (κ1) is 24.0. The minimum absolute atomic E-state index is 0.164. The van der Waals surface area contributed by atoms with Crippen molar-refractivity contribution in [1.29, 1.82) is 0 Å². The third-order valence-electron chi connectivity index (χ3n) is 4.46. The van der Waals surface area contributed by atoms with E-state index in [2.05, 4.69) is 10.6 Å². The summed E-state index contributed by atoms with van der Waals surface area (Å²) in [6.45, 7) is -1.13. The maximum Gasteiger partial charge on any atom is 0.325 e. The van der Waals surface area contributed by atoms with Gasteiger partial charge < -0.3 is 19.5 Å². The van der Waals surface area contributed by atoms with Gasteiger partial charge in [0.05, 0.1) is 12.7 Å². The fourth-order valence-corrected chi connectivity index (χ4v) is 2.81. The van der Waals surface area contributed by atoms with E-state index in [9.17, 15) is 19.2 Å². The average Bonchev–Trinajstić information content (AvgIpc) is 2.87. The molecule has 0 bridgehead atoms. The van der Waals surface area contributed by atoms with E-state index in [1.165, 1.54) is 13.2 Å². The van der Waals surface area contributed by atoms with Gasteiger partial charge in [0.15, 0.2) is 6.61 Å². The second kappa shape index (κ2) is 11.8. The standard InChI is InChI=1S/C25H22N2O7/c1-32-21-10-6-5-9-20(21)25(31)27-22(28)16-33-23(29)15-26-24(30)17-11-13-19(14-12-17)34-18-7-3-2-4-8-18/h2-14H,15-16H2,1H3,(H,26,30)(H,27,28,31). The Morgan fingerprint density at radius 1 is 0.765 bits per heavy atom. The van der Waals surface area contributed by atoms with Crippen molar-refractivity contribution in [3.63, 3.8) is 0 Å². The van der Waals surface area contributed by atoms with E-state index in [1.54, 1.807) is 54.6 Å². The molecule has 0 aliphatic rings. The van der Waals surface area contributed by atoms with Crippen LogP contribution in [0, 0.1) is 0 Å². The molecule has 3 rings (SSSR count). The second-order valence-corrected chi connectivity index (χ2v) is 6.86. The highest BCUT2D eigenvalue weighted by Gasteiger charge is 2.16. The summed E-state index contributed by atoms with van der Waals surface area (Å²) in [6, 6.07) is 21.9. The highest BCUT2D eigenvalue weighted by atomic mass is 16.5. The van der Waals surface area contributed by atoms with Crippen LogP contribution < -0.4 is 20.1 Å². The SMILES string of the molecule is COc1ccccc1C(=O)NC(=O)COC(=O)CNC(=O)c1ccc(Oc2ccccc2)cc1. The number of imide groups is 1. The predicted octanol–water partition coefficient (Wildman–Crippen LogP) is 2.72. The van der Waals surface area contributed by atoms with Gasteiger partial charge in [-0.15, -0.1) is 0 Å². The molecule has 2 N–H and O–H groups in total. The molecule has 0 aliphatic heterocycles. The lowest BCUT2D eigenvalue weighted by atomic mass is 10.2. The number of esters is 1. The largest absolute Gasteiger partial charge is 0.496 e. The summed E-state index contributed by atoms with van der Waals surface area (Å²) in [4.78, 5) is 48.1. The maximum atomic E-state index is 12.2. The number of amides is 3. The Morgan fingerprint density at radius 3 is 2.12 bits per heavy atom. The Morgan fingerprint density at radius 2 is 1.41 bits per heavy atom. The lowest BCUT2D eigenvalue weighted by molar-refractivity contribution is -0.147. The third kappa shape index (κ3) is 6.92. The van der Waals surface area contributed by atoms with Crippen LogP contribution in [-0.2, 0) is 14.3 Å². The molecule has 0 saturated carbocycles. The number of rotatable bonds is 9. The molecule has 0 unspecified atom stereocenters. The highest BCUT2D eigenvalue weighted by molar-refractivity contribution is 6.06.